The number of para-hydroxylation sites is 1. The molecule has 0 heterocycles. The number of aryl methyl sites for hydroxylation is 1. The van der Waals surface area contributed by atoms with Crippen LogP contribution in [-0.2, 0) is 0 Å². The van der Waals surface area contributed by atoms with Crippen LogP contribution >= 0.6 is 0 Å². The van der Waals surface area contributed by atoms with Gasteiger partial charge in [0.25, 0.3) is 5.69 Å². The van der Waals surface area contributed by atoms with Crippen molar-refractivity contribution in [1.29, 1.82) is 0 Å². The summed E-state index contributed by atoms with van der Waals surface area (Å²) in [6, 6.07) is 8.57. The molecule has 0 radical (unpaired) electrons. The Hall–Kier alpha value is -3.29. The smallest absolute Gasteiger partial charge is 0.387 e. The fourth-order valence-corrected chi connectivity index (χ4v) is 2.26. The number of ether oxygens (including phenoxy) is 2. The summed E-state index contributed by atoms with van der Waals surface area (Å²) in [5, 5.41) is 11.0. The second-order valence-corrected chi connectivity index (χ2v) is 5.21. The molecule has 0 aromatic heterocycles. The van der Waals surface area contributed by atoms with Gasteiger partial charge in [-0.25, -0.2) is 0 Å². The van der Waals surface area contributed by atoms with E-state index in [4.69, 9.17) is 4.74 Å². The first-order valence-corrected chi connectivity index (χ1v) is 7.42. The maximum absolute atomic E-state index is 12.6. The van der Waals surface area contributed by atoms with Crippen molar-refractivity contribution >= 4 is 17.5 Å². The SMILES string of the molecule is COc1cccc(/C=C/C(=O)c2ccc(C)c([N+](=O)[O-])c2)c1OC(F)F. The topological polar surface area (TPSA) is 78.7 Å². The van der Waals surface area contributed by atoms with Gasteiger partial charge in [0, 0.05) is 22.8 Å². The highest BCUT2D eigenvalue weighted by Gasteiger charge is 2.16. The first-order valence-electron chi connectivity index (χ1n) is 7.42. The Balaban J connectivity index is 2.34. The molecule has 0 bridgehead atoms. The van der Waals surface area contributed by atoms with E-state index >= 15 is 0 Å². The maximum Gasteiger partial charge on any atom is 0.387 e. The van der Waals surface area contributed by atoms with E-state index in [1.54, 1.807) is 13.0 Å². The number of nitro groups is 1. The van der Waals surface area contributed by atoms with Crippen LogP contribution in [0.2, 0.25) is 0 Å². The van der Waals surface area contributed by atoms with Crippen molar-refractivity contribution in [3.8, 4) is 11.5 Å². The summed E-state index contributed by atoms with van der Waals surface area (Å²) in [5.74, 6) is -0.631. The second kappa shape index (κ2) is 8.19. The van der Waals surface area contributed by atoms with Crippen LogP contribution in [0.25, 0.3) is 6.08 Å². The summed E-state index contributed by atoms with van der Waals surface area (Å²) in [6.07, 6.45) is 2.41. The van der Waals surface area contributed by atoms with Crippen LogP contribution in [0.3, 0.4) is 0 Å². The summed E-state index contributed by atoms with van der Waals surface area (Å²) in [6.45, 7) is -1.50. The molecule has 0 saturated carbocycles. The van der Waals surface area contributed by atoms with Crippen molar-refractivity contribution in [2.75, 3.05) is 7.11 Å². The lowest BCUT2D eigenvalue weighted by molar-refractivity contribution is -0.385. The van der Waals surface area contributed by atoms with Gasteiger partial charge in [0.05, 0.1) is 12.0 Å². The zero-order chi connectivity index (χ0) is 19.3. The first kappa shape index (κ1) is 19.0. The van der Waals surface area contributed by atoms with E-state index in [1.807, 2.05) is 0 Å². The number of carbonyl (C=O) groups is 1. The van der Waals surface area contributed by atoms with Crippen LogP contribution in [0.4, 0.5) is 14.5 Å². The Labute approximate surface area is 147 Å². The van der Waals surface area contributed by atoms with Gasteiger partial charge in [0.15, 0.2) is 17.3 Å². The van der Waals surface area contributed by atoms with Crippen molar-refractivity contribution in [1.82, 2.24) is 0 Å². The third kappa shape index (κ3) is 4.41. The predicted octanol–water partition coefficient (Wildman–Crippen LogP) is 4.41. The van der Waals surface area contributed by atoms with E-state index in [9.17, 15) is 23.7 Å². The Bertz CT molecular complexity index is 865. The molecule has 0 amide bonds. The van der Waals surface area contributed by atoms with Gasteiger partial charge in [-0.05, 0) is 25.1 Å². The number of benzene rings is 2. The first-order chi connectivity index (χ1) is 12.3. The number of rotatable bonds is 7. The van der Waals surface area contributed by atoms with Crippen LogP contribution in [0, 0.1) is 17.0 Å². The Morgan fingerprint density at radius 2 is 2.00 bits per heavy atom. The highest BCUT2D eigenvalue weighted by atomic mass is 19.3. The monoisotopic (exact) mass is 363 g/mol. The normalized spacial score (nSPS) is 11.0. The molecule has 8 heteroatoms. The molecule has 2 aromatic rings. The van der Waals surface area contributed by atoms with Gasteiger partial charge in [0.1, 0.15) is 0 Å². The molecule has 6 nitrogen and oxygen atoms in total. The number of allylic oxidation sites excluding steroid dienone is 1. The highest BCUT2D eigenvalue weighted by molar-refractivity contribution is 6.07. The number of carbonyl (C=O) groups excluding carboxylic acids is 1. The molecular weight excluding hydrogens is 348 g/mol. The lowest BCUT2D eigenvalue weighted by Crippen LogP contribution is -2.05. The van der Waals surface area contributed by atoms with Crippen LogP contribution in [0.5, 0.6) is 11.5 Å². The lowest BCUT2D eigenvalue weighted by atomic mass is 10.1. The molecular formula is C18H15F2NO5. The van der Waals surface area contributed by atoms with E-state index < -0.39 is 17.3 Å². The van der Waals surface area contributed by atoms with Crippen molar-refractivity contribution in [2.45, 2.75) is 13.5 Å². The Morgan fingerprint density at radius 3 is 2.62 bits per heavy atom. The molecule has 0 unspecified atom stereocenters. The molecule has 0 atom stereocenters. The van der Waals surface area contributed by atoms with E-state index in [1.165, 1.54) is 43.5 Å². The largest absolute Gasteiger partial charge is 0.493 e. The van der Waals surface area contributed by atoms with E-state index in [2.05, 4.69) is 4.74 Å². The molecule has 0 aliphatic carbocycles. The van der Waals surface area contributed by atoms with E-state index in [0.29, 0.717) is 5.56 Å². The average molecular weight is 363 g/mol. The minimum absolute atomic E-state index is 0.0888. The van der Waals surface area contributed by atoms with Gasteiger partial charge in [-0.3, -0.25) is 14.9 Å². The summed E-state index contributed by atoms with van der Waals surface area (Å²) >= 11 is 0. The molecule has 0 aliphatic rings. The van der Waals surface area contributed by atoms with Gasteiger partial charge in [-0.2, -0.15) is 8.78 Å². The minimum Gasteiger partial charge on any atom is -0.493 e. The van der Waals surface area contributed by atoms with Crippen molar-refractivity contribution in [2.24, 2.45) is 0 Å². The quantitative estimate of drug-likeness (QED) is 0.315. The number of methoxy groups -OCH3 is 1. The summed E-state index contributed by atoms with van der Waals surface area (Å²) in [5.41, 5.74) is 0.570. The zero-order valence-corrected chi connectivity index (χ0v) is 13.9. The number of nitro benzene ring substituents is 1. The van der Waals surface area contributed by atoms with Gasteiger partial charge in [0.2, 0.25) is 0 Å². The molecule has 2 rings (SSSR count). The minimum atomic E-state index is -3.06. The van der Waals surface area contributed by atoms with Crippen LogP contribution in [0.15, 0.2) is 42.5 Å². The summed E-state index contributed by atoms with van der Waals surface area (Å²) in [4.78, 5) is 22.7. The number of alkyl halides is 2. The third-order valence-electron chi connectivity index (χ3n) is 3.54. The number of hydrogen-bond donors (Lipinski definition) is 0. The Morgan fingerprint density at radius 1 is 1.27 bits per heavy atom. The van der Waals surface area contributed by atoms with Gasteiger partial charge in [-0.15, -0.1) is 0 Å². The van der Waals surface area contributed by atoms with Crippen molar-refractivity contribution in [3.63, 3.8) is 0 Å². The second-order valence-electron chi connectivity index (χ2n) is 5.21. The van der Waals surface area contributed by atoms with Crippen LogP contribution in [-0.4, -0.2) is 24.4 Å². The summed E-state index contributed by atoms with van der Waals surface area (Å²) in [7, 11) is 1.30. The number of halogens is 2. The zero-order valence-electron chi connectivity index (χ0n) is 13.9. The van der Waals surface area contributed by atoms with Crippen LogP contribution in [0.1, 0.15) is 21.5 Å². The number of hydrogen-bond acceptors (Lipinski definition) is 5. The average Bonchev–Trinajstić information content (AvgIpc) is 2.60. The third-order valence-corrected chi connectivity index (χ3v) is 3.54. The fraction of sp³-hybridized carbons (Fsp3) is 0.167. The molecule has 136 valence electrons. The maximum atomic E-state index is 12.6. The van der Waals surface area contributed by atoms with E-state index in [-0.39, 0.29) is 28.3 Å². The molecule has 0 saturated heterocycles. The molecule has 26 heavy (non-hydrogen) atoms. The molecule has 0 spiro atoms. The van der Waals surface area contributed by atoms with Crippen molar-refractivity contribution in [3.05, 3.63) is 69.3 Å². The van der Waals surface area contributed by atoms with Crippen molar-refractivity contribution < 1.29 is 28.0 Å². The van der Waals surface area contributed by atoms with Gasteiger partial charge < -0.3 is 9.47 Å². The van der Waals surface area contributed by atoms with Gasteiger partial charge >= 0.3 is 6.61 Å². The molecule has 0 aliphatic heterocycles. The molecule has 0 fully saturated rings. The molecule has 2 aromatic carbocycles. The standard InChI is InChI=1S/C18H15F2NO5/c1-11-6-7-13(10-14(11)21(23)24)15(22)9-8-12-4-3-5-16(25-2)17(12)26-18(19)20/h3-10,18H,1-2H3/b9-8+. The lowest BCUT2D eigenvalue weighted by Gasteiger charge is -2.12. The summed E-state index contributed by atoms with van der Waals surface area (Å²) < 4.78 is 34.7. The van der Waals surface area contributed by atoms with Gasteiger partial charge in [-0.1, -0.05) is 24.3 Å². The van der Waals surface area contributed by atoms with E-state index in [0.717, 1.165) is 6.08 Å². The predicted molar refractivity (Wildman–Crippen MR) is 90.8 cm³/mol. The Kier molecular flexibility index (Phi) is 6.00. The number of ketones is 1. The fourth-order valence-electron chi connectivity index (χ4n) is 2.26. The number of nitrogens with zero attached hydrogens (tertiary/aromatic N) is 1. The highest BCUT2D eigenvalue weighted by Crippen LogP contribution is 2.33. The van der Waals surface area contributed by atoms with Crippen LogP contribution < -0.4 is 9.47 Å². The molecule has 0 N–H and O–H groups in total.